The van der Waals surface area contributed by atoms with Gasteiger partial charge in [0.1, 0.15) is 16.9 Å². The third kappa shape index (κ3) is 6.29. The number of carbonyl (C=O) groups excluding carboxylic acids is 3. The van der Waals surface area contributed by atoms with Crippen molar-refractivity contribution in [2.24, 2.45) is 0 Å². The normalized spacial score (nSPS) is 10.9. The van der Waals surface area contributed by atoms with Gasteiger partial charge in [-0.15, -0.1) is 0 Å². The first kappa shape index (κ1) is 26.7. The minimum absolute atomic E-state index is 0.148. The molecule has 0 N–H and O–H groups in total. The van der Waals surface area contributed by atoms with Gasteiger partial charge < -0.3 is 23.7 Å². The molecule has 0 amide bonds. The maximum atomic E-state index is 12.4. The van der Waals surface area contributed by atoms with Crippen molar-refractivity contribution in [3.05, 3.63) is 63.7 Å². The van der Waals surface area contributed by atoms with Crippen molar-refractivity contribution in [1.29, 1.82) is 0 Å². The van der Waals surface area contributed by atoms with Gasteiger partial charge in [0.15, 0.2) is 5.75 Å². The van der Waals surface area contributed by atoms with Crippen molar-refractivity contribution < 1.29 is 38.1 Å². The number of carbonyl (C=O) groups is 3. The Morgan fingerprint density at radius 2 is 1.47 bits per heavy atom. The average molecular weight is 491 g/mol. The molecule has 0 aliphatic heterocycles. The fourth-order valence-corrected chi connectivity index (χ4v) is 3.66. The first-order valence-corrected chi connectivity index (χ1v) is 10.7. The maximum Gasteiger partial charge on any atom is 0.341 e. The Balaban J connectivity index is 2.66. The summed E-state index contributed by atoms with van der Waals surface area (Å²) in [7, 11) is 6.74. The Morgan fingerprint density at radius 1 is 0.824 bits per heavy atom. The molecule has 0 radical (unpaired) electrons. The SMILES string of the molecule is COC(=O)CCC/C=C(\c1ccc(OC)c(C(=O)OC)c1)c1cc(Cl)c(OC)c(C(=O)OC)c1. The molecule has 2 aromatic rings. The molecule has 0 heterocycles. The van der Waals surface area contributed by atoms with Gasteiger partial charge in [0, 0.05) is 6.42 Å². The smallest absolute Gasteiger partial charge is 0.341 e. The Morgan fingerprint density at radius 3 is 2.06 bits per heavy atom. The second-order valence-electron chi connectivity index (χ2n) is 7.02. The lowest BCUT2D eigenvalue weighted by Gasteiger charge is -2.16. The van der Waals surface area contributed by atoms with Gasteiger partial charge in [0.25, 0.3) is 0 Å². The van der Waals surface area contributed by atoms with Crippen molar-refractivity contribution >= 4 is 35.1 Å². The van der Waals surface area contributed by atoms with Crippen LogP contribution < -0.4 is 9.47 Å². The Labute approximate surface area is 203 Å². The summed E-state index contributed by atoms with van der Waals surface area (Å²) in [5.74, 6) is -0.953. The Kier molecular flexibility index (Phi) is 9.94. The molecular formula is C25H27ClO8. The highest BCUT2D eigenvalue weighted by Crippen LogP contribution is 2.36. The van der Waals surface area contributed by atoms with E-state index in [0.29, 0.717) is 35.3 Å². The molecule has 0 aliphatic rings. The lowest BCUT2D eigenvalue weighted by molar-refractivity contribution is -0.140. The van der Waals surface area contributed by atoms with Crippen LogP contribution in [0.5, 0.6) is 11.5 Å². The molecule has 0 aliphatic carbocycles. The van der Waals surface area contributed by atoms with Crippen molar-refractivity contribution in [3.8, 4) is 11.5 Å². The molecule has 0 atom stereocenters. The highest BCUT2D eigenvalue weighted by molar-refractivity contribution is 6.33. The van der Waals surface area contributed by atoms with Crippen LogP contribution in [-0.2, 0) is 19.0 Å². The van der Waals surface area contributed by atoms with Crippen LogP contribution >= 0.6 is 11.6 Å². The van der Waals surface area contributed by atoms with Crippen molar-refractivity contribution in [2.45, 2.75) is 19.3 Å². The van der Waals surface area contributed by atoms with E-state index >= 15 is 0 Å². The van der Waals surface area contributed by atoms with Crippen LogP contribution in [0.4, 0.5) is 0 Å². The van der Waals surface area contributed by atoms with E-state index < -0.39 is 11.9 Å². The Hall–Kier alpha value is -3.52. The van der Waals surface area contributed by atoms with Crippen molar-refractivity contribution in [1.82, 2.24) is 0 Å². The van der Waals surface area contributed by atoms with Crippen LogP contribution in [0, 0.1) is 0 Å². The van der Waals surface area contributed by atoms with Gasteiger partial charge in [-0.05, 0) is 53.8 Å². The number of rotatable bonds is 10. The molecule has 0 unspecified atom stereocenters. The lowest BCUT2D eigenvalue weighted by atomic mass is 9.93. The summed E-state index contributed by atoms with van der Waals surface area (Å²) in [5, 5.41) is 0.211. The van der Waals surface area contributed by atoms with Gasteiger partial charge in [0.2, 0.25) is 0 Å². The van der Waals surface area contributed by atoms with Crippen LogP contribution in [0.25, 0.3) is 5.57 Å². The minimum Gasteiger partial charge on any atom is -0.496 e. The van der Waals surface area contributed by atoms with Gasteiger partial charge >= 0.3 is 17.9 Å². The third-order valence-corrected chi connectivity index (χ3v) is 5.32. The van der Waals surface area contributed by atoms with Crippen molar-refractivity contribution in [3.63, 3.8) is 0 Å². The zero-order valence-corrected chi connectivity index (χ0v) is 20.5. The van der Waals surface area contributed by atoms with E-state index in [1.165, 1.54) is 35.5 Å². The molecule has 2 rings (SSSR count). The van der Waals surface area contributed by atoms with Crippen LogP contribution in [0.3, 0.4) is 0 Å². The predicted molar refractivity (Wildman–Crippen MR) is 127 cm³/mol. The summed E-state index contributed by atoms with van der Waals surface area (Å²) in [5.41, 5.74) is 2.29. The van der Waals surface area contributed by atoms with E-state index in [2.05, 4.69) is 0 Å². The summed E-state index contributed by atoms with van der Waals surface area (Å²) in [4.78, 5) is 36.2. The fourth-order valence-electron chi connectivity index (χ4n) is 3.36. The summed E-state index contributed by atoms with van der Waals surface area (Å²) < 4.78 is 25.0. The molecule has 0 fully saturated rings. The first-order valence-electron chi connectivity index (χ1n) is 10.3. The van der Waals surface area contributed by atoms with E-state index in [1.54, 1.807) is 30.3 Å². The quantitative estimate of drug-likeness (QED) is 0.268. The van der Waals surface area contributed by atoms with E-state index in [9.17, 15) is 14.4 Å². The second kappa shape index (κ2) is 12.6. The van der Waals surface area contributed by atoms with Crippen LogP contribution in [0.15, 0.2) is 36.4 Å². The number of methoxy groups -OCH3 is 5. The summed E-state index contributed by atoms with van der Waals surface area (Å²) in [6.07, 6.45) is 3.18. The third-order valence-electron chi connectivity index (χ3n) is 5.04. The van der Waals surface area contributed by atoms with Gasteiger partial charge in [-0.3, -0.25) is 4.79 Å². The second-order valence-corrected chi connectivity index (χ2v) is 7.43. The highest BCUT2D eigenvalue weighted by Gasteiger charge is 2.21. The van der Waals surface area contributed by atoms with Crippen molar-refractivity contribution in [2.75, 3.05) is 35.5 Å². The number of allylic oxidation sites excluding steroid dienone is 1. The summed E-state index contributed by atoms with van der Waals surface area (Å²) >= 11 is 6.43. The molecule has 8 nitrogen and oxygen atoms in total. The van der Waals surface area contributed by atoms with Crippen LogP contribution in [-0.4, -0.2) is 53.5 Å². The van der Waals surface area contributed by atoms with E-state index in [1.807, 2.05) is 6.08 Å². The fraction of sp³-hybridized carbons (Fsp3) is 0.320. The number of benzene rings is 2. The highest BCUT2D eigenvalue weighted by atomic mass is 35.5. The molecule has 0 spiro atoms. The molecule has 2 aromatic carbocycles. The zero-order chi connectivity index (χ0) is 25.3. The van der Waals surface area contributed by atoms with Gasteiger partial charge in [-0.25, -0.2) is 9.59 Å². The van der Waals surface area contributed by atoms with Gasteiger partial charge in [-0.2, -0.15) is 0 Å². The van der Waals surface area contributed by atoms with E-state index in [0.717, 1.165) is 0 Å². The number of hydrogen-bond donors (Lipinski definition) is 0. The number of esters is 3. The van der Waals surface area contributed by atoms with Crippen LogP contribution in [0.1, 0.15) is 51.1 Å². The first-order chi connectivity index (χ1) is 16.3. The maximum absolute atomic E-state index is 12.4. The number of ether oxygens (including phenoxy) is 5. The number of halogens is 1. The molecular weight excluding hydrogens is 464 g/mol. The number of unbranched alkanes of at least 4 members (excludes halogenated alkanes) is 1. The molecule has 0 aromatic heterocycles. The topological polar surface area (TPSA) is 97.4 Å². The molecule has 34 heavy (non-hydrogen) atoms. The van der Waals surface area contributed by atoms with E-state index in [-0.39, 0.29) is 34.3 Å². The molecule has 9 heteroatoms. The molecule has 0 bridgehead atoms. The van der Waals surface area contributed by atoms with Gasteiger partial charge in [0.05, 0.1) is 40.6 Å². The Bertz CT molecular complexity index is 1090. The number of hydrogen-bond acceptors (Lipinski definition) is 8. The standard InChI is InChI=1S/C25H27ClO8/c1-30-21-11-10-15(12-18(21)24(28)33-4)17(8-6-7-9-22(27)31-2)16-13-19(25(29)34-5)23(32-3)20(26)14-16/h8,10-14H,6-7,9H2,1-5H3/b17-8+. The molecule has 182 valence electrons. The van der Waals surface area contributed by atoms with E-state index in [4.69, 9.17) is 35.3 Å². The minimum atomic E-state index is -0.615. The zero-order valence-electron chi connectivity index (χ0n) is 19.7. The summed E-state index contributed by atoms with van der Waals surface area (Å²) in [6.45, 7) is 0. The molecule has 0 saturated carbocycles. The van der Waals surface area contributed by atoms with Crippen LogP contribution in [0.2, 0.25) is 5.02 Å². The molecule has 0 saturated heterocycles. The largest absolute Gasteiger partial charge is 0.496 e. The summed E-state index contributed by atoms with van der Waals surface area (Å²) in [6, 6.07) is 8.31. The average Bonchev–Trinajstić information content (AvgIpc) is 2.86. The monoisotopic (exact) mass is 490 g/mol. The lowest BCUT2D eigenvalue weighted by Crippen LogP contribution is -2.07. The predicted octanol–water partition coefficient (Wildman–Crippen LogP) is 4.71. The van der Waals surface area contributed by atoms with Gasteiger partial charge in [-0.1, -0.05) is 23.7 Å².